The Bertz CT molecular complexity index is 912. The lowest BCUT2D eigenvalue weighted by molar-refractivity contribution is 0.0698. The molecule has 0 aliphatic heterocycles. The van der Waals surface area contributed by atoms with Crippen LogP contribution in [0.3, 0.4) is 0 Å². The lowest BCUT2D eigenvalue weighted by atomic mass is 10.0. The normalized spacial score (nSPS) is 10.8. The molecule has 1 aromatic carbocycles. The Kier molecular flexibility index (Phi) is 3.21. The fraction of sp³-hybridized carbons (Fsp3) is 0.125. The highest BCUT2D eigenvalue weighted by atomic mass is 16.4. The van der Waals surface area contributed by atoms with Crippen LogP contribution in [-0.4, -0.2) is 20.5 Å². The number of imidazole rings is 1. The van der Waals surface area contributed by atoms with Crippen LogP contribution >= 0.6 is 0 Å². The number of hydrogen-bond acceptors (Lipinski definition) is 4. The Morgan fingerprint density at radius 2 is 2.00 bits per heavy atom. The van der Waals surface area contributed by atoms with Crippen molar-refractivity contribution >= 4 is 17.4 Å². The summed E-state index contributed by atoms with van der Waals surface area (Å²) in [6.45, 7) is 3.95. The lowest BCUT2D eigenvalue weighted by Gasteiger charge is -2.02. The highest BCUT2D eigenvalue weighted by molar-refractivity contribution is 5.95. The van der Waals surface area contributed by atoms with E-state index >= 15 is 0 Å². The van der Waals surface area contributed by atoms with E-state index in [4.69, 9.17) is 0 Å². The summed E-state index contributed by atoms with van der Waals surface area (Å²) in [4.78, 5) is 26.9. The number of carboxylic acid groups (broad SMARTS) is 1. The molecule has 22 heavy (non-hydrogen) atoms. The number of benzene rings is 1. The maximum atomic E-state index is 11.3. The van der Waals surface area contributed by atoms with Crippen LogP contribution in [0.2, 0.25) is 0 Å². The Balaban J connectivity index is 2.34. The minimum atomic E-state index is -1.10. The molecule has 110 valence electrons. The van der Waals surface area contributed by atoms with Crippen LogP contribution in [0.15, 0.2) is 41.7 Å². The summed E-state index contributed by atoms with van der Waals surface area (Å²) in [6, 6.07) is 8.69. The van der Waals surface area contributed by atoms with Crippen LogP contribution in [-0.2, 0) is 0 Å². The van der Waals surface area contributed by atoms with Crippen LogP contribution in [0.5, 0.6) is 0 Å². The van der Waals surface area contributed by atoms with Crippen molar-refractivity contribution in [3.05, 3.63) is 58.1 Å². The van der Waals surface area contributed by atoms with Gasteiger partial charge in [-0.05, 0) is 48.4 Å². The van der Waals surface area contributed by atoms with Crippen LogP contribution in [0.1, 0.15) is 21.5 Å². The molecule has 0 spiro atoms. The first kappa shape index (κ1) is 13.9. The van der Waals surface area contributed by atoms with Crippen LogP contribution < -0.4 is 0 Å². The Morgan fingerprint density at radius 3 is 2.64 bits per heavy atom. The second kappa shape index (κ2) is 5.07. The molecule has 0 aliphatic rings. The molecule has 0 radical (unpaired) electrons. The molecule has 0 amide bonds. The standard InChI is InChI=1S/C16H13N3O3/c1-9-5-6-11(8-10(9)2)13-15(18-22)19-7-3-4-12(16(20)21)14(19)17-13/h3-8H,1-2H3,(H,20,21). The number of carboxylic acids is 1. The molecule has 1 N–H and O–H groups in total. The molecule has 2 heterocycles. The monoisotopic (exact) mass is 295 g/mol. The quantitative estimate of drug-likeness (QED) is 0.746. The number of aryl methyl sites for hydroxylation is 2. The third-order valence-corrected chi connectivity index (χ3v) is 3.72. The molecule has 0 aliphatic carbocycles. The van der Waals surface area contributed by atoms with E-state index in [1.165, 1.54) is 10.5 Å². The fourth-order valence-electron chi connectivity index (χ4n) is 2.39. The molecule has 0 bridgehead atoms. The molecular weight excluding hydrogens is 282 g/mol. The van der Waals surface area contributed by atoms with Gasteiger partial charge in [-0.1, -0.05) is 12.1 Å². The van der Waals surface area contributed by atoms with E-state index in [1.807, 2.05) is 32.0 Å². The van der Waals surface area contributed by atoms with Crippen molar-refractivity contribution in [2.45, 2.75) is 13.8 Å². The summed E-state index contributed by atoms with van der Waals surface area (Å²) in [7, 11) is 0. The van der Waals surface area contributed by atoms with E-state index in [0.29, 0.717) is 5.69 Å². The number of hydrogen-bond donors (Lipinski definition) is 1. The van der Waals surface area contributed by atoms with Crippen LogP contribution in [0.25, 0.3) is 16.9 Å². The molecular formula is C16H13N3O3. The van der Waals surface area contributed by atoms with Gasteiger partial charge in [0.1, 0.15) is 11.3 Å². The molecule has 6 heteroatoms. The molecule has 0 atom stereocenters. The maximum absolute atomic E-state index is 11.3. The van der Waals surface area contributed by atoms with Gasteiger partial charge < -0.3 is 5.11 Å². The van der Waals surface area contributed by atoms with Crippen LogP contribution in [0, 0.1) is 18.8 Å². The van der Waals surface area contributed by atoms with Crippen molar-refractivity contribution in [2.75, 3.05) is 0 Å². The average Bonchev–Trinajstić information content (AvgIpc) is 2.88. The van der Waals surface area contributed by atoms with Crippen molar-refractivity contribution in [1.29, 1.82) is 0 Å². The van der Waals surface area contributed by atoms with Crippen LogP contribution in [0.4, 0.5) is 5.82 Å². The first-order valence-electron chi connectivity index (χ1n) is 6.68. The number of fused-ring (bicyclic) bond motifs is 1. The number of nitrogens with zero attached hydrogens (tertiary/aromatic N) is 3. The molecule has 3 aromatic rings. The summed E-state index contributed by atoms with van der Waals surface area (Å²) in [5, 5.41) is 12.3. The summed E-state index contributed by atoms with van der Waals surface area (Å²) in [5.74, 6) is -0.999. The lowest BCUT2D eigenvalue weighted by Crippen LogP contribution is -1.99. The van der Waals surface area contributed by atoms with Gasteiger partial charge in [-0.15, -0.1) is 4.91 Å². The Morgan fingerprint density at radius 1 is 1.23 bits per heavy atom. The summed E-state index contributed by atoms with van der Waals surface area (Å²) in [6.07, 6.45) is 1.58. The number of carbonyl (C=O) groups is 1. The van der Waals surface area contributed by atoms with Gasteiger partial charge in [-0.25, -0.2) is 9.78 Å². The zero-order chi connectivity index (χ0) is 15.9. The first-order chi connectivity index (χ1) is 10.5. The third kappa shape index (κ3) is 2.05. The van der Waals surface area contributed by atoms with E-state index in [9.17, 15) is 14.8 Å². The van der Waals surface area contributed by atoms with Gasteiger partial charge in [0.2, 0.25) is 5.82 Å². The molecule has 0 fully saturated rings. The second-order valence-electron chi connectivity index (χ2n) is 5.09. The van der Waals surface area contributed by atoms with Gasteiger partial charge in [0, 0.05) is 11.8 Å². The van der Waals surface area contributed by atoms with Crippen molar-refractivity contribution in [1.82, 2.24) is 9.38 Å². The third-order valence-electron chi connectivity index (χ3n) is 3.72. The minimum Gasteiger partial charge on any atom is -0.478 e. The number of rotatable bonds is 3. The number of pyridine rings is 1. The maximum Gasteiger partial charge on any atom is 0.339 e. The van der Waals surface area contributed by atoms with Gasteiger partial charge in [-0.2, -0.15) is 0 Å². The SMILES string of the molecule is Cc1ccc(-c2nc3c(C(=O)O)cccn3c2N=O)cc1C. The molecule has 0 saturated carbocycles. The molecule has 2 aromatic heterocycles. The highest BCUT2D eigenvalue weighted by Crippen LogP contribution is 2.32. The van der Waals surface area contributed by atoms with E-state index < -0.39 is 5.97 Å². The topological polar surface area (TPSA) is 84.0 Å². The minimum absolute atomic E-state index is 0.0301. The smallest absolute Gasteiger partial charge is 0.339 e. The zero-order valence-corrected chi connectivity index (χ0v) is 12.1. The number of nitroso groups, excluding NO2 is 1. The number of aromatic carboxylic acids is 1. The summed E-state index contributed by atoms with van der Waals surface area (Å²) in [5.41, 5.74) is 3.54. The summed E-state index contributed by atoms with van der Waals surface area (Å²) >= 11 is 0. The highest BCUT2D eigenvalue weighted by Gasteiger charge is 2.19. The van der Waals surface area contributed by atoms with Gasteiger partial charge in [-0.3, -0.25) is 4.40 Å². The van der Waals surface area contributed by atoms with Gasteiger partial charge in [0.25, 0.3) is 0 Å². The average molecular weight is 295 g/mol. The molecule has 6 nitrogen and oxygen atoms in total. The predicted molar refractivity (Wildman–Crippen MR) is 82.5 cm³/mol. The number of aromatic nitrogens is 2. The zero-order valence-electron chi connectivity index (χ0n) is 12.1. The van der Waals surface area contributed by atoms with Crippen molar-refractivity contribution < 1.29 is 9.90 Å². The largest absolute Gasteiger partial charge is 0.478 e. The first-order valence-corrected chi connectivity index (χ1v) is 6.68. The van der Waals surface area contributed by atoms with Crippen molar-refractivity contribution in [3.8, 4) is 11.3 Å². The molecule has 0 unspecified atom stereocenters. The van der Waals surface area contributed by atoms with Crippen molar-refractivity contribution in [3.63, 3.8) is 0 Å². The molecule has 0 saturated heterocycles. The van der Waals surface area contributed by atoms with Gasteiger partial charge in [0.15, 0.2) is 5.65 Å². The van der Waals surface area contributed by atoms with E-state index in [1.54, 1.807) is 12.3 Å². The Labute approximate surface area is 126 Å². The second-order valence-corrected chi connectivity index (χ2v) is 5.09. The Hall–Kier alpha value is -3.02. The van der Waals surface area contributed by atoms with Gasteiger partial charge >= 0.3 is 5.97 Å². The fourth-order valence-corrected chi connectivity index (χ4v) is 2.39. The van der Waals surface area contributed by atoms with E-state index in [-0.39, 0.29) is 17.0 Å². The summed E-state index contributed by atoms with van der Waals surface area (Å²) < 4.78 is 1.40. The molecule has 3 rings (SSSR count). The predicted octanol–water partition coefficient (Wildman–Crippen LogP) is 3.71. The van der Waals surface area contributed by atoms with Gasteiger partial charge in [0.05, 0.1) is 0 Å². The van der Waals surface area contributed by atoms with Crippen molar-refractivity contribution in [2.24, 2.45) is 5.18 Å². The van der Waals surface area contributed by atoms with E-state index in [0.717, 1.165) is 16.7 Å². The van der Waals surface area contributed by atoms with E-state index in [2.05, 4.69) is 10.2 Å².